The number of hydrogen-bond acceptors (Lipinski definition) is 2. The van der Waals surface area contributed by atoms with Crippen LogP contribution in [0.4, 0.5) is 11.4 Å². The molecule has 0 heterocycles. The summed E-state index contributed by atoms with van der Waals surface area (Å²) < 4.78 is 0. The summed E-state index contributed by atoms with van der Waals surface area (Å²) in [6, 6.07) is 4.46. The first-order valence-corrected chi connectivity index (χ1v) is 13.8. The number of unbranched alkanes of at least 4 members (excludes halogenated alkanes) is 4. The van der Waals surface area contributed by atoms with Crippen molar-refractivity contribution in [1.29, 1.82) is 0 Å². The fourth-order valence-corrected chi connectivity index (χ4v) is 5.16. The maximum absolute atomic E-state index is 6.99. The molecule has 2 rings (SSSR count). The van der Waals surface area contributed by atoms with Crippen molar-refractivity contribution in [2.45, 2.75) is 111 Å². The van der Waals surface area contributed by atoms with Gasteiger partial charge in [-0.25, -0.2) is 0 Å². The third kappa shape index (κ3) is 7.30. The largest absolute Gasteiger partial charge is 0.398 e. The van der Waals surface area contributed by atoms with Gasteiger partial charge in [-0.3, -0.25) is 0 Å². The van der Waals surface area contributed by atoms with Crippen molar-refractivity contribution < 1.29 is 0 Å². The standard InChI is InChI=1S/C29H44Cl2N2/c1-5-9-13-20-17-22(26(30)24(28(20)32)15-11-7-3)19-23-18-21(14-10-6-2)29(33)25(27(23)31)16-12-8-4/h17-18H,5-16,19,32-33H2,1-4H3. The normalized spacial score (nSPS) is 11.3. The van der Waals surface area contributed by atoms with Gasteiger partial charge >= 0.3 is 0 Å². The molecule has 0 saturated heterocycles. The molecule has 2 nitrogen and oxygen atoms in total. The summed E-state index contributed by atoms with van der Waals surface area (Å²) >= 11 is 14.0. The highest BCUT2D eigenvalue weighted by atomic mass is 35.5. The van der Waals surface area contributed by atoms with Crippen molar-refractivity contribution in [2.24, 2.45) is 0 Å². The number of nitrogens with two attached hydrogens (primary N) is 2. The van der Waals surface area contributed by atoms with E-state index in [2.05, 4.69) is 39.8 Å². The van der Waals surface area contributed by atoms with Crippen LogP contribution in [0, 0.1) is 0 Å². The van der Waals surface area contributed by atoms with E-state index in [0.29, 0.717) is 6.42 Å². The minimum atomic E-state index is 0.717. The molecule has 0 fully saturated rings. The SMILES string of the molecule is CCCCc1cc(Cc2cc(CCCC)c(N)c(CCCC)c2Cl)c(Cl)c(CCCC)c1N. The van der Waals surface area contributed by atoms with Crippen molar-refractivity contribution >= 4 is 34.6 Å². The monoisotopic (exact) mass is 490 g/mol. The van der Waals surface area contributed by atoms with Crippen molar-refractivity contribution in [3.8, 4) is 0 Å². The number of aryl methyl sites for hydroxylation is 2. The number of hydrogen-bond donors (Lipinski definition) is 2. The molecular weight excluding hydrogens is 447 g/mol. The van der Waals surface area contributed by atoms with Crippen LogP contribution in [0.3, 0.4) is 0 Å². The van der Waals surface area contributed by atoms with Crippen LogP contribution in [0.25, 0.3) is 0 Å². The third-order valence-corrected chi connectivity index (χ3v) is 7.62. The molecule has 33 heavy (non-hydrogen) atoms. The Morgan fingerprint density at radius 2 is 0.879 bits per heavy atom. The molecule has 0 aliphatic heterocycles. The van der Waals surface area contributed by atoms with Crippen LogP contribution in [-0.2, 0) is 32.1 Å². The molecule has 0 amide bonds. The zero-order chi connectivity index (χ0) is 24.4. The van der Waals surface area contributed by atoms with Gasteiger partial charge < -0.3 is 11.5 Å². The second kappa shape index (κ2) is 14.1. The first-order chi connectivity index (χ1) is 15.9. The summed E-state index contributed by atoms with van der Waals surface area (Å²) in [4.78, 5) is 0. The summed E-state index contributed by atoms with van der Waals surface area (Å²) in [5, 5.41) is 1.64. The predicted octanol–water partition coefficient (Wildman–Crippen LogP) is 9.12. The number of anilines is 2. The molecule has 4 heteroatoms. The first-order valence-electron chi connectivity index (χ1n) is 13.1. The third-order valence-electron chi connectivity index (χ3n) is 6.67. The minimum Gasteiger partial charge on any atom is -0.398 e. The van der Waals surface area contributed by atoms with E-state index in [4.69, 9.17) is 34.7 Å². The van der Waals surface area contributed by atoms with Crippen LogP contribution in [0.1, 0.15) is 112 Å². The molecule has 2 aromatic carbocycles. The van der Waals surface area contributed by atoms with Gasteiger partial charge in [0.15, 0.2) is 0 Å². The van der Waals surface area contributed by atoms with Crippen LogP contribution in [-0.4, -0.2) is 0 Å². The van der Waals surface area contributed by atoms with Gasteiger partial charge in [-0.15, -0.1) is 0 Å². The number of rotatable bonds is 14. The Morgan fingerprint density at radius 1 is 0.545 bits per heavy atom. The number of halogens is 2. The highest BCUT2D eigenvalue weighted by Crippen LogP contribution is 2.37. The molecule has 0 unspecified atom stereocenters. The molecule has 0 aromatic heterocycles. The Bertz CT molecular complexity index is 832. The molecule has 4 N–H and O–H groups in total. The van der Waals surface area contributed by atoms with E-state index < -0.39 is 0 Å². The number of benzene rings is 2. The summed E-state index contributed by atoms with van der Waals surface area (Å²) in [6.07, 6.45) is 13.5. The van der Waals surface area contributed by atoms with E-state index in [9.17, 15) is 0 Å². The highest BCUT2D eigenvalue weighted by molar-refractivity contribution is 6.33. The Morgan fingerprint density at radius 3 is 1.21 bits per heavy atom. The Hall–Kier alpha value is -1.38. The van der Waals surface area contributed by atoms with Crippen molar-refractivity contribution in [2.75, 3.05) is 11.5 Å². The lowest BCUT2D eigenvalue weighted by Crippen LogP contribution is -2.08. The van der Waals surface area contributed by atoms with Crippen LogP contribution in [0.15, 0.2) is 12.1 Å². The summed E-state index contributed by atoms with van der Waals surface area (Å²) in [6.45, 7) is 8.84. The van der Waals surface area contributed by atoms with Crippen molar-refractivity contribution in [3.05, 3.63) is 55.6 Å². The smallest absolute Gasteiger partial charge is 0.0494 e. The second-order valence-corrected chi connectivity index (χ2v) is 10.1. The van der Waals surface area contributed by atoms with Crippen LogP contribution >= 0.6 is 23.2 Å². The summed E-state index contributed by atoms with van der Waals surface area (Å²) in [5.41, 5.74) is 22.0. The maximum atomic E-state index is 6.99. The molecule has 0 aliphatic rings. The molecule has 0 radical (unpaired) electrons. The average Bonchev–Trinajstić information content (AvgIpc) is 2.80. The Labute approximate surface area is 212 Å². The zero-order valence-corrected chi connectivity index (χ0v) is 22.8. The quantitative estimate of drug-likeness (QED) is 0.259. The topological polar surface area (TPSA) is 52.0 Å². The fraction of sp³-hybridized carbons (Fsp3) is 0.586. The first kappa shape index (κ1) is 27.9. The van der Waals surface area contributed by atoms with E-state index in [1.165, 1.54) is 11.1 Å². The zero-order valence-electron chi connectivity index (χ0n) is 21.3. The second-order valence-electron chi connectivity index (χ2n) is 9.39. The lowest BCUT2D eigenvalue weighted by Gasteiger charge is -2.20. The fourth-order valence-electron chi connectivity index (χ4n) is 4.52. The van der Waals surface area contributed by atoms with Gasteiger partial charge in [-0.2, -0.15) is 0 Å². The number of nitrogen functional groups attached to an aromatic ring is 2. The molecule has 0 saturated carbocycles. The van der Waals surface area contributed by atoms with Crippen molar-refractivity contribution in [3.63, 3.8) is 0 Å². The van der Waals surface area contributed by atoms with Gasteiger partial charge in [0, 0.05) is 27.8 Å². The minimum absolute atomic E-state index is 0.717. The summed E-state index contributed by atoms with van der Waals surface area (Å²) in [5.74, 6) is 0. The van der Waals surface area contributed by atoms with E-state index in [1.807, 2.05) is 0 Å². The molecule has 0 aliphatic carbocycles. The van der Waals surface area contributed by atoms with E-state index >= 15 is 0 Å². The maximum Gasteiger partial charge on any atom is 0.0494 e. The average molecular weight is 492 g/mol. The van der Waals surface area contributed by atoms with Gasteiger partial charge in [0.2, 0.25) is 0 Å². The molecule has 0 bridgehead atoms. The van der Waals surface area contributed by atoms with Gasteiger partial charge in [0.25, 0.3) is 0 Å². The lowest BCUT2D eigenvalue weighted by atomic mass is 9.90. The molecule has 0 atom stereocenters. The van der Waals surface area contributed by atoms with Gasteiger partial charge in [-0.05, 0) is 84.7 Å². The Kier molecular flexibility index (Phi) is 11.9. The van der Waals surface area contributed by atoms with Crippen LogP contribution in [0.5, 0.6) is 0 Å². The molecule has 184 valence electrons. The van der Waals surface area contributed by atoms with E-state index in [0.717, 1.165) is 121 Å². The highest BCUT2D eigenvalue weighted by Gasteiger charge is 2.19. The van der Waals surface area contributed by atoms with Crippen LogP contribution < -0.4 is 11.5 Å². The molecular formula is C29H44Cl2N2. The summed E-state index contributed by atoms with van der Waals surface area (Å²) in [7, 11) is 0. The van der Waals surface area contributed by atoms with Gasteiger partial charge in [-0.1, -0.05) is 88.7 Å². The predicted molar refractivity (Wildman–Crippen MR) is 149 cm³/mol. The van der Waals surface area contributed by atoms with Crippen molar-refractivity contribution in [1.82, 2.24) is 0 Å². The van der Waals surface area contributed by atoms with Gasteiger partial charge in [0.1, 0.15) is 0 Å². The lowest BCUT2D eigenvalue weighted by molar-refractivity contribution is 0.779. The van der Waals surface area contributed by atoms with Gasteiger partial charge in [0.05, 0.1) is 0 Å². The van der Waals surface area contributed by atoms with E-state index in [-0.39, 0.29) is 0 Å². The molecule has 2 aromatic rings. The molecule has 0 spiro atoms. The van der Waals surface area contributed by atoms with Crippen LogP contribution in [0.2, 0.25) is 10.0 Å². The Balaban J connectivity index is 2.56. The van der Waals surface area contributed by atoms with E-state index in [1.54, 1.807) is 0 Å².